The number of carbonyl (C=O) groups is 1. The van der Waals surface area contributed by atoms with Gasteiger partial charge < -0.3 is 19.3 Å². The van der Waals surface area contributed by atoms with E-state index in [1.807, 2.05) is 41.3 Å². The SMILES string of the molecule is O=C(c1ccc(CSc2nc(Cl)cc(N3CCC4(CC3)OCCO4)n2)cc1)N1CCc2ccccc2C1. The first kappa shape index (κ1) is 24.7. The van der Waals surface area contributed by atoms with Crippen LogP contribution in [0.15, 0.2) is 59.8 Å². The molecule has 6 rings (SSSR count). The van der Waals surface area contributed by atoms with Gasteiger partial charge in [-0.2, -0.15) is 0 Å². The molecule has 7 nitrogen and oxygen atoms in total. The predicted molar refractivity (Wildman–Crippen MR) is 144 cm³/mol. The number of thioether (sulfide) groups is 1. The molecule has 0 saturated carbocycles. The van der Waals surface area contributed by atoms with E-state index in [-0.39, 0.29) is 5.91 Å². The Kier molecular flexibility index (Phi) is 7.08. The highest BCUT2D eigenvalue weighted by molar-refractivity contribution is 7.98. The molecule has 0 N–H and O–H groups in total. The van der Waals surface area contributed by atoms with Crippen LogP contribution in [0.2, 0.25) is 5.15 Å². The summed E-state index contributed by atoms with van der Waals surface area (Å²) in [6.45, 7) is 4.36. The van der Waals surface area contributed by atoms with Crippen molar-refractivity contribution in [2.75, 3.05) is 37.7 Å². The number of nitrogens with zero attached hydrogens (tertiary/aromatic N) is 4. The Labute approximate surface area is 226 Å². The lowest BCUT2D eigenvalue weighted by Gasteiger charge is -2.38. The minimum Gasteiger partial charge on any atom is -0.356 e. The molecule has 0 bridgehead atoms. The van der Waals surface area contributed by atoms with Gasteiger partial charge in [0.25, 0.3) is 5.91 Å². The van der Waals surface area contributed by atoms with Gasteiger partial charge in [0, 0.05) is 56.4 Å². The van der Waals surface area contributed by atoms with E-state index in [9.17, 15) is 4.79 Å². The third kappa shape index (κ3) is 5.48. The molecule has 3 aliphatic rings. The van der Waals surface area contributed by atoms with Crippen LogP contribution in [0, 0.1) is 0 Å². The van der Waals surface area contributed by atoms with Crippen LogP contribution in [-0.4, -0.2) is 59.4 Å². The molecule has 1 amide bonds. The Morgan fingerprint density at radius 2 is 1.70 bits per heavy atom. The number of hydrogen-bond acceptors (Lipinski definition) is 7. The standard InChI is InChI=1S/C28H29ClN4O3S/c29-24-17-25(32-13-10-28(11-14-32)35-15-16-36-28)31-27(30-24)37-19-20-5-7-22(8-6-20)26(34)33-12-9-21-3-1-2-4-23(21)18-33/h1-8,17H,9-16,18-19H2. The van der Waals surface area contributed by atoms with Gasteiger partial charge >= 0.3 is 0 Å². The third-order valence-corrected chi connectivity index (χ3v) is 8.42. The molecule has 3 aliphatic heterocycles. The average Bonchev–Trinajstić information content (AvgIpc) is 3.39. The van der Waals surface area contributed by atoms with E-state index in [0.29, 0.717) is 41.4 Å². The van der Waals surface area contributed by atoms with Crippen LogP contribution in [0.4, 0.5) is 5.82 Å². The average molecular weight is 537 g/mol. The normalized spacial score (nSPS) is 18.7. The molecule has 2 aromatic carbocycles. The number of benzene rings is 2. The van der Waals surface area contributed by atoms with Crippen LogP contribution in [-0.2, 0) is 28.2 Å². The number of amides is 1. The molecule has 4 heterocycles. The number of hydrogen-bond donors (Lipinski definition) is 0. The van der Waals surface area contributed by atoms with Crippen LogP contribution in [0.5, 0.6) is 0 Å². The third-order valence-electron chi connectivity index (χ3n) is 7.31. The van der Waals surface area contributed by atoms with E-state index in [4.69, 9.17) is 26.1 Å². The molecule has 0 aliphatic carbocycles. The number of rotatable bonds is 5. The van der Waals surface area contributed by atoms with E-state index in [2.05, 4.69) is 28.1 Å². The molecule has 37 heavy (non-hydrogen) atoms. The lowest BCUT2D eigenvalue weighted by Crippen LogP contribution is -2.45. The van der Waals surface area contributed by atoms with Crippen LogP contribution < -0.4 is 4.90 Å². The van der Waals surface area contributed by atoms with E-state index >= 15 is 0 Å². The van der Waals surface area contributed by atoms with E-state index in [1.165, 1.54) is 11.1 Å². The highest BCUT2D eigenvalue weighted by Gasteiger charge is 2.40. The fourth-order valence-electron chi connectivity index (χ4n) is 5.22. The second-order valence-electron chi connectivity index (χ2n) is 9.66. The van der Waals surface area contributed by atoms with Gasteiger partial charge in [-0.3, -0.25) is 4.79 Å². The summed E-state index contributed by atoms with van der Waals surface area (Å²) in [6, 6.07) is 18.0. The number of anilines is 1. The summed E-state index contributed by atoms with van der Waals surface area (Å²) >= 11 is 7.89. The van der Waals surface area contributed by atoms with Gasteiger partial charge in [0.15, 0.2) is 10.9 Å². The van der Waals surface area contributed by atoms with E-state index < -0.39 is 5.79 Å². The summed E-state index contributed by atoms with van der Waals surface area (Å²) in [7, 11) is 0. The zero-order valence-corrected chi connectivity index (χ0v) is 22.1. The molecule has 0 radical (unpaired) electrons. The van der Waals surface area contributed by atoms with Crippen molar-refractivity contribution in [1.82, 2.24) is 14.9 Å². The van der Waals surface area contributed by atoms with Gasteiger partial charge in [0.1, 0.15) is 11.0 Å². The molecular weight excluding hydrogens is 508 g/mol. The monoisotopic (exact) mass is 536 g/mol. The van der Waals surface area contributed by atoms with Crippen molar-refractivity contribution in [3.05, 3.63) is 82.0 Å². The molecule has 9 heteroatoms. The second kappa shape index (κ2) is 10.6. The van der Waals surface area contributed by atoms with Crippen molar-refractivity contribution in [2.24, 2.45) is 0 Å². The smallest absolute Gasteiger partial charge is 0.254 e. The highest BCUT2D eigenvalue weighted by atomic mass is 35.5. The van der Waals surface area contributed by atoms with Crippen molar-refractivity contribution in [3.8, 4) is 0 Å². The Hall–Kier alpha value is -2.65. The molecular formula is C28H29ClN4O3S. The lowest BCUT2D eigenvalue weighted by molar-refractivity contribution is -0.169. The van der Waals surface area contributed by atoms with Crippen molar-refractivity contribution < 1.29 is 14.3 Å². The molecule has 3 aromatic rings. The quantitative estimate of drug-likeness (QED) is 0.259. The van der Waals surface area contributed by atoms with Crippen molar-refractivity contribution in [1.29, 1.82) is 0 Å². The topological polar surface area (TPSA) is 67.8 Å². The molecule has 1 spiro atoms. The first-order valence-corrected chi connectivity index (χ1v) is 14.1. The fraction of sp³-hybridized carbons (Fsp3) is 0.393. The van der Waals surface area contributed by atoms with Crippen molar-refractivity contribution in [2.45, 2.75) is 42.5 Å². The predicted octanol–water partition coefficient (Wildman–Crippen LogP) is 4.96. The maximum absolute atomic E-state index is 13.1. The van der Waals surface area contributed by atoms with Crippen LogP contribution in [0.1, 0.15) is 39.9 Å². The summed E-state index contributed by atoms with van der Waals surface area (Å²) < 4.78 is 11.7. The van der Waals surface area contributed by atoms with Gasteiger partial charge in [-0.05, 0) is 35.2 Å². The van der Waals surface area contributed by atoms with Crippen LogP contribution in [0.25, 0.3) is 0 Å². The molecule has 0 unspecified atom stereocenters. The molecule has 192 valence electrons. The van der Waals surface area contributed by atoms with E-state index in [1.54, 1.807) is 11.8 Å². The zero-order valence-electron chi connectivity index (χ0n) is 20.6. The number of carbonyl (C=O) groups excluding carboxylic acids is 1. The number of halogens is 1. The number of fused-ring (bicyclic) bond motifs is 1. The van der Waals surface area contributed by atoms with Gasteiger partial charge in [-0.25, -0.2) is 9.97 Å². The molecule has 2 saturated heterocycles. The Morgan fingerprint density at radius 3 is 2.46 bits per heavy atom. The highest BCUT2D eigenvalue weighted by Crippen LogP contribution is 2.34. The van der Waals surface area contributed by atoms with E-state index in [0.717, 1.165) is 50.3 Å². The molecule has 1 aromatic heterocycles. The zero-order chi connectivity index (χ0) is 25.2. The minimum atomic E-state index is -0.420. The lowest BCUT2D eigenvalue weighted by atomic mass is 9.99. The largest absolute Gasteiger partial charge is 0.356 e. The maximum atomic E-state index is 13.1. The van der Waals surface area contributed by atoms with Gasteiger partial charge in [-0.15, -0.1) is 0 Å². The Morgan fingerprint density at radius 1 is 0.973 bits per heavy atom. The summed E-state index contributed by atoms with van der Waals surface area (Å²) in [5, 5.41) is 1.08. The summed E-state index contributed by atoms with van der Waals surface area (Å²) in [5.74, 6) is 1.18. The van der Waals surface area contributed by atoms with Crippen molar-refractivity contribution in [3.63, 3.8) is 0 Å². The maximum Gasteiger partial charge on any atom is 0.254 e. The van der Waals surface area contributed by atoms with Gasteiger partial charge in [0.05, 0.1) is 13.2 Å². The first-order chi connectivity index (χ1) is 18.1. The molecule has 0 atom stereocenters. The summed E-state index contributed by atoms with van der Waals surface area (Å²) in [6.07, 6.45) is 2.52. The minimum absolute atomic E-state index is 0.0771. The number of aromatic nitrogens is 2. The first-order valence-electron chi connectivity index (χ1n) is 12.7. The van der Waals surface area contributed by atoms with Crippen LogP contribution >= 0.6 is 23.4 Å². The van der Waals surface area contributed by atoms with Crippen LogP contribution in [0.3, 0.4) is 0 Å². The second-order valence-corrected chi connectivity index (χ2v) is 11.0. The molecule has 2 fully saturated rings. The Bertz CT molecular complexity index is 1270. The summed E-state index contributed by atoms with van der Waals surface area (Å²) in [5.41, 5.74) is 4.39. The van der Waals surface area contributed by atoms with Gasteiger partial charge in [-0.1, -0.05) is 59.8 Å². The number of ether oxygens (including phenoxy) is 2. The summed E-state index contributed by atoms with van der Waals surface area (Å²) in [4.78, 5) is 26.4. The van der Waals surface area contributed by atoms with Crippen molar-refractivity contribution >= 4 is 35.1 Å². The fourth-order valence-corrected chi connectivity index (χ4v) is 6.25. The Balaban J connectivity index is 1.06. The number of piperidine rings is 1. The van der Waals surface area contributed by atoms with Gasteiger partial charge in [0.2, 0.25) is 0 Å².